The van der Waals surface area contributed by atoms with E-state index in [9.17, 15) is 4.79 Å². The van der Waals surface area contributed by atoms with Crippen molar-refractivity contribution in [2.45, 2.75) is 45.7 Å². The molecule has 6 nitrogen and oxygen atoms in total. The number of rotatable bonds is 8. The number of hydrogen-bond acceptors (Lipinski definition) is 3. The summed E-state index contributed by atoms with van der Waals surface area (Å²) in [6.07, 6.45) is 3.57. The molecule has 2 heterocycles. The first-order valence-electron chi connectivity index (χ1n) is 11.3. The van der Waals surface area contributed by atoms with Gasteiger partial charge in [-0.25, -0.2) is 4.99 Å². The third-order valence-electron chi connectivity index (χ3n) is 5.86. The fourth-order valence-electron chi connectivity index (χ4n) is 4.17. The van der Waals surface area contributed by atoms with E-state index in [0.29, 0.717) is 19.5 Å². The van der Waals surface area contributed by atoms with Gasteiger partial charge in [0, 0.05) is 39.0 Å². The van der Waals surface area contributed by atoms with E-state index in [0.717, 1.165) is 62.8 Å². The average Bonchev–Trinajstić information content (AvgIpc) is 3.41. The predicted molar refractivity (Wildman–Crippen MR) is 123 cm³/mol. The van der Waals surface area contributed by atoms with Crippen molar-refractivity contribution in [2.75, 3.05) is 26.2 Å². The van der Waals surface area contributed by atoms with Gasteiger partial charge in [0.15, 0.2) is 5.96 Å². The fraction of sp³-hybridized carbons (Fsp3) is 0.440. The molecule has 31 heavy (non-hydrogen) atoms. The van der Waals surface area contributed by atoms with Crippen LogP contribution in [0.25, 0.3) is 0 Å². The molecule has 4 rings (SSSR count). The zero-order valence-corrected chi connectivity index (χ0v) is 18.3. The second-order valence-corrected chi connectivity index (χ2v) is 8.10. The number of likely N-dealkylation sites (tertiary alicyclic amines) is 1. The molecule has 0 saturated carbocycles. The minimum absolute atomic E-state index is 0.256. The number of fused-ring (bicyclic) bond motifs is 1. The van der Waals surface area contributed by atoms with Gasteiger partial charge >= 0.3 is 0 Å². The summed E-state index contributed by atoms with van der Waals surface area (Å²) in [7, 11) is 0. The van der Waals surface area contributed by atoms with E-state index in [4.69, 9.17) is 9.73 Å². The van der Waals surface area contributed by atoms with E-state index < -0.39 is 0 Å². The lowest BCUT2D eigenvalue weighted by Gasteiger charge is -2.18. The van der Waals surface area contributed by atoms with Crippen molar-refractivity contribution in [3.05, 3.63) is 64.7 Å². The molecule has 6 heteroatoms. The molecule has 0 aromatic heterocycles. The number of guanidine groups is 1. The zero-order valence-electron chi connectivity index (χ0n) is 18.3. The van der Waals surface area contributed by atoms with Gasteiger partial charge in [-0.05, 0) is 48.1 Å². The molecule has 1 saturated heterocycles. The number of aliphatic imine (C=N–C) groups is 1. The van der Waals surface area contributed by atoms with E-state index in [1.54, 1.807) is 0 Å². The highest BCUT2D eigenvalue weighted by Crippen LogP contribution is 2.25. The molecule has 0 atom stereocenters. The summed E-state index contributed by atoms with van der Waals surface area (Å²) in [5.41, 5.74) is 4.97. The minimum Gasteiger partial charge on any atom is -0.493 e. The second kappa shape index (κ2) is 10.3. The molecule has 0 aliphatic carbocycles. The van der Waals surface area contributed by atoms with Crippen LogP contribution in [0, 0.1) is 0 Å². The highest BCUT2D eigenvalue weighted by Gasteiger charge is 2.20. The fourth-order valence-corrected chi connectivity index (χ4v) is 4.17. The Hall–Kier alpha value is -3.02. The number of carbonyl (C=O) groups is 1. The molecule has 0 spiro atoms. The largest absolute Gasteiger partial charge is 0.493 e. The summed E-state index contributed by atoms with van der Waals surface area (Å²) in [5, 5.41) is 6.78. The third-order valence-corrected chi connectivity index (χ3v) is 5.86. The van der Waals surface area contributed by atoms with Gasteiger partial charge < -0.3 is 20.3 Å². The first-order chi connectivity index (χ1) is 15.2. The van der Waals surface area contributed by atoms with Gasteiger partial charge in [0.25, 0.3) is 0 Å². The summed E-state index contributed by atoms with van der Waals surface area (Å²) < 4.78 is 5.59. The summed E-state index contributed by atoms with van der Waals surface area (Å²) in [4.78, 5) is 18.8. The van der Waals surface area contributed by atoms with Gasteiger partial charge in [-0.15, -0.1) is 0 Å². The van der Waals surface area contributed by atoms with Crippen molar-refractivity contribution in [3.63, 3.8) is 0 Å². The lowest BCUT2D eigenvalue weighted by molar-refractivity contribution is -0.128. The van der Waals surface area contributed by atoms with Crippen LogP contribution in [-0.2, 0) is 30.7 Å². The Kier molecular flexibility index (Phi) is 7.07. The maximum absolute atomic E-state index is 12.0. The number of nitrogens with one attached hydrogen (secondary N) is 2. The Labute approximate surface area is 184 Å². The maximum Gasteiger partial charge on any atom is 0.222 e. The van der Waals surface area contributed by atoms with Crippen LogP contribution in [0.4, 0.5) is 0 Å². The van der Waals surface area contributed by atoms with Crippen LogP contribution in [0.1, 0.15) is 42.0 Å². The first kappa shape index (κ1) is 21.2. The Balaban J connectivity index is 1.35. The van der Waals surface area contributed by atoms with Gasteiger partial charge in [-0.2, -0.15) is 0 Å². The molecule has 0 unspecified atom stereocenters. The molecule has 2 aliphatic heterocycles. The van der Waals surface area contributed by atoms with Gasteiger partial charge in [0.1, 0.15) is 5.75 Å². The topological polar surface area (TPSA) is 66.0 Å². The normalized spacial score (nSPS) is 15.7. The van der Waals surface area contributed by atoms with E-state index >= 15 is 0 Å². The zero-order chi connectivity index (χ0) is 21.5. The number of ether oxygens (including phenoxy) is 1. The number of hydrogen-bond donors (Lipinski definition) is 2. The summed E-state index contributed by atoms with van der Waals surface area (Å²) in [6, 6.07) is 14.8. The summed E-state index contributed by atoms with van der Waals surface area (Å²) in [6.45, 7) is 6.61. The van der Waals surface area contributed by atoms with Crippen molar-refractivity contribution in [1.82, 2.24) is 15.5 Å². The van der Waals surface area contributed by atoms with Crippen molar-refractivity contribution >= 4 is 11.9 Å². The van der Waals surface area contributed by atoms with Crippen molar-refractivity contribution in [2.24, 2.45) is 4.99 Å². The second-order valence-electron chi connectivity index (χ2n) is 8.10. The third kappa shape index (κ3) is 5.57. The minimum atomic E-state index is 0.256. The van der Waals surface area contributed by atoms with Crippen LogP contribution < -0.4 is 15.4 Å². The van der Waals surface area contributed by atoms with Gasteiger partial charge in [-0.3, -0.25) is 4.79 Å². The number of carbonyl (C=O) groups excluding carboxylic acids is 1. The van der Waals surface area contributed by atoms with E-state index in [1.165, 1.54) is 16.7 Å². The molecule has 2 aliphatic rings. The molecule has 0 bridgehead atoms. The molecule has 2 N–H and O–H groups in total. The predicted octanol–water partition coefficient (Wildman–Crippen LogP) is 3.04. The number of benzene rings is 2. The Morgan fingerprint density at radius 1 is 1.13 bits per heavy atom. The number of amides is 1. The highest BCUT2D eigenvalue weighted by molar-refractivity contribution is 5.80. The molecule has 2 aromatic carbocycles. The standard InChI is InChI=1S/C25H32N4O2/c1-2-26-25(27-13-11-19-9-10-23-20(16-19)12-15-31-23)28-17-21-6-3-4-7-22(21)18-29-14-5-8-24(29)30/h3-4,6-7,9-10,16H,2,5,8,11-15,17-18H2,1H3,(H2,26,27,28). The monoisotopic (exact) mass is 420 g/mol. The summed E-state index contributed by atoms with van der Waals surface area (Å²) >= 11 is 0. The van der Waals surface area contributed by atoms with Crippen LogP contribution in [-0.4, -0.2) is 43.0 Å². The smallest absolute Gasteiger partial charge is 0.222 e. The van der Waals surface area contributed by atoms with E-state index in [1.807, 2.05) is 17.0 Å². The molecule has 1 fully saturated rings. The molecule has 2 aromatic rings. The molecule has 1 amide bonds. The first-order valence-corrected chi connectivity index (χ1v) is 11.3. The van der Waals surface area contributed by atoms with Gasteiger partial charge in [0.2, 0.25) is 5.91 Å². The molecule has 0 radical (unpaired) electrons. The van der Waals surface area contributed by atoms with Gasteiger partial charge in [0.05, 0.1) is 13.2 Å². The maximum atomic E-state index is 12.0. The van der Waals surface area contributed by atoms with Crippen LogP contribution >= 0.6 is 0 Å². The average molecular weight is 421 g/mol. The SMILES string of the molecule is CCNC(=NCc1ccccc1CN1CCCC1=O)NCCc1ccc2c(c1)CCO2. The van der Waals surface area contributed by atoms with E-state index in [-0.39, 0.29) is 5.91 Å². The van der Waals surface area contributed by atoms with Crippen LogP contribution in [0.2, 0.25) is 0 Å². The van der Waals surface area contributed by atoms with Crippen LogP contribution in [0.3, 0.4) is 0 Å². The Bertz CT molecular complexity index is 941. The lowest BCUT2D eigenvalue weighted by Crippen LogP contribution is -2.38. The quantitative estimate of drug-likeness (QED) is 0.509. The molecular formula is C25H32N4O2. The van der Waals surface area contributed by atoms with Crippen molar-refractivity contribution in [3.8, 4) is 5.75 Å². The van der Waals surface area contributed by atoms with E-state index in [2.05, 4.69) is 47.9 Å². The van der Waals surface area contributed by atoms with Crippen LogP contribution in [0.5, 0.6) is 5.75 Å². The highest BCUT2D eigenvalue weighted by atomic mass is 16.5. The van der Waals surface area contributed by atoms with Crippen molar-refractivity contribution in [1.29, 1.82) is 0 Å². The molecule has 164 valence electrons. The number of nitrogens with zero attached hydrogens (tertiary/aromatic N) is 2. The van der Waals surface area contributed by atoms with Crippen LogP contribution in [0.15, 0.2) is 47.5 Å². The lowest BCUT2D eigenvalue weighted by atomic mass is 10.1. The Morgan fingerprint density at radius 3 is 2.81 bits per heavy atom. The van der Waals surface area contributed by atoms with Crippen molar-refractivity contribution < 1.29 is 9.53 Å². The van der Waals surface area contributed by atoms with Gasteiger partial charge in [-0.1, -0.05) is 36.4 Å². The molecular weight excluding hydrogens is 388 g/mol. The summed E-state index contributed by atoms with van der Waals surface area (Å²) in [5.74, 6) is 2.10. The Morgan fingerprint density at radius 2 is 2.00 bits per heavy atom.